The molecule has 1 N–H and O–H groups in total. The first kappa shape index (κ1) is 12.3. The summed E-state index contributed by atoms with van der Waals surface area (Å²) in [6.45, 7) is 3.28. The van der Waals surface area contributed by atoms with Crippen LogP contribution in [0.1, 0.15) is 30.6 Å². The minimum atomic E-state index is -0.441. The van der Waals surface area contributed by atoms with Crippen molar-refractivity contribution in [1.82, 2.24) is 10.3 Å². The third kappa shape index (κ3) is 2.02. The van der Waals surface area contributed by atoms with Gasteiger partial charge in [0.05, 0.1) is 11.2 Å². The third-order valence-corrected chi connectivity index (χ3v) is 5.16. The molecule has 5 heteroatoms. The second-order valence-electron chi connectivity index (χ2n) is 4.78. The maximum absolute atomic E-state index is 13.4. The lowest BCUT2D eigenvalue weighted by atomic mass is 9.90. The fourth-order valence-electron chi connectivity index (χ4n) is 2.57. The molecule has 1 fully saturated rings. The average Bonchev–Trinajstić information content (AvgIpc) is 2.79. The van der Waals surface area contributed by atoms with Crippen molar-refractivity contribution in [3.63, 3.8) is 0 Å². The van der Waals surface area contributed by atoms with Gasteiger partial charge < -0.3 is 5.32 Å². The van der Waals surface area contributed by atoms with Crippen molar-refractivity contribution in [2.45, 2.75) is 31.7 Å². The Morgan fingerprint density at radius 1 is 1.56 bits per heavy atom. The van der Waals surface area contributed by atoms with Gasteiger partial charge in [-0.2, -0.15) is 0 Å². The topological polar surface area (TPSA) is 24.9 Å². The van der Waals surface area contributed by atoms with E-state index in [0.717, 1.165) is 16.8 Å². The van der Waals surface area contributed by atoms with E-state index in [9.17, 15) is 4.39 Å². The van der Waals surface area contributed by atoms with Crippen LogP contribution >= 0.6 is 22.9 Å². The fourth-order valence-corrected chi connectivity index (χ4v) is 4.07. The van der Waals surface area contributed by atoms with Crippen molar-refractivity contribution in [2.24, 2.45) is 0 Å². The van der Waals surface area contributed by atoms with Crippen LogP contribution in [-0.4, -0.2) is 17.6 Å². The summed E-state index contributed by atoms with van der Waals surface area (Å²) in [5.74, 6) is 0.0420. The number of rotatable bonds is 1. The molecule has 96 valence electrons. The fraction of sp³-hybridized carbons (Fsp3) is 0.462. The van der Waals surface area contributed by atoms with Crippen molar-refractivity contribution >= 4 is 33.2 Å². The molecule has 2 nitrogen and oxygen atoms in total. The van der Waals surface area contributed by atoms with Crippen LogP contribution in [0.3, 0.4) is 0 Å². The van der Waals surface area contributed by atoms with Crippen LogP contribution in [0.2, 0.25) is 5.02 Å². The lowest BCUT2D eigenvalue weighted by molar-refractivity contribution is 0.375. The van der Waals surface area contributed by atoms with Crippen molar-refractivity contribution in [2.75, 3.05) is 6.54 Å². The van der Waals surface area contributed by atoms with E-state index in [4.69, 9.17) is 11.6 Å². The van der Waals surface area contributed by atoms with E-state index in [1.165, 1.54) is 23.9 Å². The van der Waals surface area contributed by atoms with Crippen LogP contribution in [0.4, 0.5) is 4.39 Å². The van der Waals surface area contributed by atoms with Gasteiger partial charge in [-0.1, -0.05) is 11.6 Å². The maximum atomic E-state index is 13.4. The first-order chi connectivity index (χ1) is 8.66. The summed E-state index contributed by atoms with van der Waals surface area (Å²) in [6, 6.07) is 2.46. The van der Waals surface area contributed by atoms with Crippen molar-refractivity contribution < 1.29 is 4.39 Å². The predicted molar refractivity (Wildman–Crippen MR) is 74.0 cm³/mol. The number of thiophene rings is 1. The Morgan fingerprint density at radius 3 is 3.17 bits per heavy atom. The molecule has 0 aliphatic carbocycles. The van der Waals surface area contributed by atoms with E-state index in [-0.39, 0.29) is 5.02 Å². The van der Waals surface area contributed by atoms with Gasteiger partial charge in [-0.05, 0) is 32.4 Å². The molecule has 0 amide bonds. The van der Waals surface area contributed by atoms with E-state index < -0.39 is 5.82 Å². The molecule has 1 aliphatic rings. The molecule has 2 aromatic heterocycles. The lowest BCUT2D eigenvalue weighted by Gasteiger charge is -2.29. The van der Waals surface area contributed by atoms with Gasteiger partial charge in [-0.3, -0.25) is 0 Å². The second kappa shape index (κ2) is 4.76. The summed E-state index contributed by atoms with van der Waals surface area (Å²) in [4.78, 5) is 6.20. The van der Waals surface area contributed by atoms with Crippen LogP contribution in [0.5, 0.6) is 0 Å². The number of aromatic nitrogens is 1. The van der Waals surface area contributed by atoms with Crippen LogP contribution in [0.15, 0.2) is 12.3 Å². The number of nitrogens with zero attached hydrogens (tertiary/aromatic N) is 1. The minimum absolute atomic E-state index is 0.193. The molecule has 0 radical (unpaired) electrons. The molecule has 18 heavy (non-hydrogen) atoms. The summed E-state index contributed by atoms with van der Waals surface area (Å²) in [5.41, 5.74) is 0. The van der Waals surface area contributed by atoms with Gasteiger partial charge in [-0.15, -0.1) is 11.3 Å². The molecule has 3 heterocycles. The first-order valence-corrected chi connectivity index (χ1v) is 7.33. The summed E-state index contributed by atoms with van der Waals surface area (Å²) < 4.78 is 13.4. The maximum Gasteiger partial charge on any atom is 0.160 e. The summed E-state index contributed by atoms with van der Waals surface area (Å²) in [7, 11) is 0. The summed E-state index contributed by atoms with van der Waals surface area (Å²) in [6.07, 6.45) is 3.55. The molecule has 0 aromatic carbocycles. The highest BCUT2D eigenvalue weighted by Crippen LogP contribution is 2.38. The number of fused-ring (bicyclic) bond motifs is 1. The highest BCUT2D eigenvalue weighted by atomic mass is 35.5. The van der Waals surface area contributed by atoms with Gasteiger partial charge in [0.2, 0.25) is 0 Å². The molecular weight excluding hydrogens is 271 g/mol. The Bertz CT molecular complexity index is 584. The van der Waals surface area contributed by atoms with Gasteiger partial charge in [0, 0.05) is 22.2 Å². The zero-order chi connectivity index (χ0) is 12.7. The Hall–Kier alpha value is -0.710. The van der Waals surface area contributed by atoms with E-state index in [2.05, 4.69) is 17.2 Å². The normalized spacial score (nSPS) is 24.6. The molecule has 0 spiro atoms. The molecule has 2 aromatic rings. The van der Waals surface area contributed by atoms with Crippen molar-refractivity contribution in [1.29, 1.82) is 0 Å². The smallest absolute Gasteiger partial charge is 0.160 e. The Kier molecular flexibility index (Phi) is 3.26. The van der Waals surface area contributed by atoms with Gasteiger partial charge >= 0.3 is 0 Å². The van der Waals surface area contributed by atoms with Crippen LogP contribution in [0, 0.1) is 5.82 Å². The Labute approximate surface area is 114 Å². The van der Waals surface area contributed by atoms with Gasteiger partial charge in [0.1, 0.15) is 4.83 Å². The molecular formula is C13H14ClFN2S. The number of hydrogen-bond acceptors (Lipinski definition) is 3. The summed E-state index contributed by atoms with van der Waals surface area (Å²) >= 11 is 7.62. The molecule has 2 unspecified atom stereocenters. The van der Waals surface area contributed by atoms with Crippen molar-refractivity contribution in [3.05, 3.63) is 28.0 Å². The van der Waals surface area contributed by atoms with Crippen LogP contribution < -0.4 is 5.32 Å². The van der Waals surface area contributed by atoms with Crippen LogP contribution in [-0.2, 0) is 0 Å². The van der Waals surface area contributed by atoms with Crippen LogP contribution in [0.25, 0.3) is 10.2 Å². The standard InChI is InChI=1S/C13H14ClFN2S/c1-7-8(3-2-4-16-7)11-5-9-12(14)10(15)6-17-13(9)18-11/h5-8,16H,2-4H2,1H3. The van der Waals surface area contributed by atoms with E-state index in [0.29, 0.717) is 12.0 Å². The second-order valence-corrected chi connectivity index (χ2v) is 6.22. The zero-order valence-corrected chi connectivity index (χ0v) is 11.6. The number of nitrogens with one attached hydrogen (secondary N) is 1. The van der Waals surface area contributed by atoms with E-state index >= 15 is 0 Å². The van der Waals surface area contributed by atoms with Crippen molar-refractivity contribution in [3.8, 4) is 0 Å². The quantitative estimate of drug-likeness (QED) is 0.858. The monoisotopic (exact) mass is 284 g/mol. The number of halogens is 2. The molecule has 2 atom stereocenters. The Balaban J connectivity index is 2.05. The highest BCUT2D eigenvalue weighted by molar-refractivity contribution is 7.18. The average molecular weight is 285 g/mol. The van der Waals surface area contributed by atoms with Gasteiger partial charge in [0.25, 0.3) is 0 Å². The first-order valence-electron chi connectivity index (χ1n) is 6.13. The SMILES string of the molecule is CC1NCCCC1c1cc2c(Cl)c(F)cnc2s1. The van der Waals surface area contributed by atoms with Gasteiger partial charge in [-0.25, -0.2) is 9.37 Å². The van der Waals surface area contributed by atoms with E-state index in [1.54, 1.807) is 11.3 Å². The van der Waals surface area contributed by atoms with Gasteiger partial charge in [0.15, 0.2) is 5.82 Å². The lowest BCUT2D eigenvalue weighted by Crippen LogP contribution is -2.37. The van der Waals surface area contributed by atoms with E-state index in [1.807, 2.05) is 6.07 Å². The Morgan fingerprint density at radius 2 is 2.39 bits per heavy atom. The highest BCUT2D eigenvalue weighted by Gasteiger charge is 2.25. The molecule has 3 rings (SSSR count). The molecule has 1 saturated heterocycles. The largest absolute Gasteiger partial charge is 0.314 e. The summed E-state index contributed by atoms with van der Waals surface area (Å²) in [5, 5.41) is 4.42. The number of hydrogen-bond donors (Lipinski definition) is 1. The molecule has 1 aliphatic heterocycles. The molecule has 0 bridgehead atoms. The predicted octanol–water partition coefficient (Wildman–Crippen LogP) is 3.94. The zero-order valence-electron chi connectivity index (χ0n) is 10.0. The number of pyridine rings is 1. The minimum Gasteiger partial charge on any atom is -0.314 e. The number of piperidine rings is 1. The molecule has 0 saturated carbocycles. The third-order valence-electron chi connectivity index (χ3n) is 3.60.